The maximum atomic E-state index is 12.7. The second-order valence-corrected chi connectivity index (χ2v) is 10.2. The minimum absolute atomic E-state index is 0.00950. The van der Waals surface area contributed by atoms with Gasteiger partial charge in [0.1, 0.15) is 12.7 Å². The number of ether oxygens (including phenoxy) is 2. The molecule has 2 aliphatic rings. The van der Waals surface area contributed by atoms with Crippen LogP contribution in [0.15, 0.2) is 54.6 Å². The largest absolute Gasteiger partial charge is 0.486 e. The zero-order valence-electron chi connectivity index (χ0n) is 18.2. The fourth-order valence-corrected chi connectivity index (χ4v) is 5.50. The van der Waals surface area contributed by atoms with Gasteiger partial charge in [-0.1, -0.05) is 42.5 Å². The highest BCUT2D eigenvalue weighted by Gasteiger charge is 2.30. The van der Waals surface area contributed by atoms with Gasteiger partial charge in [0, 0.05) is 32.7 Å². The maximum Gasteiger partial charge on any atom is 0.236 e. The summed E-state index contributed by atoms with van der Waals surface area (Å²) in [6, 6.07) is 16.7. The minimum Gasteiger partial charge on any atom is -0.486 e. The number of hydrogen-bond donors (Lipinski definition) is 0. The molecule has 1 fully saturated rings. The maximum absolute atomic E-state index is 12.7. The molecule has 8 nitrogen and oxygen atoms in total. The lowest BCUT2D eigenvalue weighted by Gasteiger charge is -2.35. The van der Waals surface area contributed by atoms with Gasteiger partial charge in [0.25, 0.3) is 0 Å². The summed E-state index contributed by atoms with van der Waals surface area (Å²) in [5.74, 6) is 1.43. The van der Waals surface area contributed by atoms with Crippen molar-refractivity contribution in [2.75, 3.05) is 52.9 Å². The van der Waals surface area contributed by atoms with Gasteiger partial charge >= 0.3 is 0 Å². The Kier molecular flexibility index (Phi) is 6.98. The van der Waals surface area contributed by atoms with E-state index >= 15 is 0 Å². The molecule has 0 aromatic heterocycles. The highest BCUT2D eigenvalue weighted by atomic mass is 32.2. The lowest BCUT2D eigenvalue weighted by Crippen LogP contribution is -2.53. The van der Waals surface area contributed by atoms with Gasteiger partial charge in [0.05, 0.1) is 12.3 Å². The molecule has 1 saturated heterocycles. The SMILES string of the molecule is CN(CC(=O)N1CCN(S(=O)(=O)Cc2ccccc2)CC1)C[C@@H]1COc2ccccc2O1. The number of carbonyl (C=O) groups is 1. The fourth-order valence-electron chi connectivity index (χ4n) is 3.99. The molecule has 0 unspecified atom stereocenters. The Bertz CT molecular complexity index is 1020. The third-order valence-corrected chi connectivity index (χ3v) is 7.51. The first kappa shape index (κ1) is 22.6. The van der Waals surface area contributed by atoms with Crippen LogP contribution in [0.3, 0.4) is 0 Å². The number of amides is 1. The van der Waals surface area contributed by atoms with Crippen LogP contribution in [-0.4, -0.2) is 87.5 Å². The lowest BCUT2D eigenvalue weighted by molar-refractivity contribution is -0.133. The first-order valence-corrected chi connectivity index (χ1v) is 12.4. The summed E-state index contributed by atoms with van der Waals surface area (Å²) in [6.07, 6.45) is -0.150. The van der Waals surface area contributed by atoms with E-state index in [1.807, 2.05) is 66.5 Å². The Morgan fingerprint density at radius 1 is 1.00 bits per heavy atom. The molecule has 4 rings (SSSR count). The molecule has 0 radical (unpaired) electrons. The summed E-state index contributed by atoms with van der Waals surface area (Å²) < 4.78 is 38.6. The van der Waals surface area contributed by atoms with Crippen molar-refractivity contribution in [2.24, 2.45) is 0 Å². The number of fused-ring (bicyclic) bond motifs is 1. The van der Waals surface area contributed by atoms with Crippen molar-refractivity contribution < 1.29 is 22.7 Å². The predicted octanol–water partition coefficient (Wildman–Crippen LogP) is 1.43. The second kappa shape index (κ2) is 9.89. The molecule has 172 valence electrons. The van der Waals surface area contributed by atoms with Crippen molar-refractivity contribution in [2.45, 2.75) is 11.9 Å². The van der Waals surface area contributed by atoms with Crippen molar-refractivity contribution in [3.63, 3.8) is 0 Å². The third-order valence-electron chi connectivity index (χ3n) is 5.66. The van der Waals surface area contributed by atoms with Crippen LogP contribution in [-0.2, 0) is 20.6 Å². The van der Waals surface area contributed by atoms with Crippen LogP contribution in [0.5, 0.6) is 11.5 Å². The summed E-state index contributed by atoms with van der Waals surface area (Å²) in [5, 5.41) is 0. The van der Waals surface area contributed by atoms with Gasteiger partial charge in [-0.3, -0.25) is 9.69 Å². The van der Waals surface area contributed by atoms with E-state index < -0.39 is 10.0 Å². The van der Waals surface area contributed by atoms with Crippen molar-refractivity contribution >= 4 is 15.9 Å². The lowest BCUT2D eigenvalue weighted by atomic mass is 10.2. The third kappa shape index (κ3) is 5.59. The Hall–Kier alpha value is -2.62. The number of para-hydroxylation sites is 2. The van der Waals surface area contributed by atoms with Crippen LogP contribution < -0.4 is 9.47 Å². The van der Waals surface area contributed by atoms with Crippen LogP contribution in [0.25, 0.3) is 0 Å². The van der Waals surface area contributed by atoms with Gasteiger partial charge in [-0.05, 0) is 24.7 Å². The fraction of sp³-hybridized carbons (Fsp3) is 0.435. The van der Waals surface area contributed by atoms with Gasteiger partial charge in [0.2, 0.25) is 15.9 Å². The van der Waals surface area contributed by atoms with E-state index in [2.05, 4.69) is 0 Å². The van der Waals surface area contributed by atoms with E-state index in [1.54, 1.807) is 4.90 Å². The number of hydrogen-bond acceptors (Lipinski definition) is 6. The number of carbonyl (C=O) groups excluding carboxylic acids is 1. The number of sulfonamides is 1. The van der Waals surface area contributed by atoms with Crippen LogP contribution in [0.2, 0.25) is 0 Å². The van der Waals surface area contributed by atoms with Gasteiger partial charge in [-0.2, -0.15) is 4.31 Å². The predicted molar refractivity (Wildman–Crippen MR) is 121 cm³/mol. The summed E-state index contributed by atoms with van der Waals surface area (Å²) in [7, 11) is -1.52. The zero-order chi connectivity index (χ0) is 22.6. The van der Waals surface area contributed by atoms with E-state index in [0.717, 1.165) is 17.1 Å². The van der Waals surface area contributed by atoms with Crippen LogP contribution in [0.4, 0.5) is 0 Å². The van der Waals surface area contributed by atoms with Crippen LogP contribution >= 0.6 is 0 Å². The normalized spacial score (nSPS) is 19.2. The number of likely N-dealkylation sites (N-methyl/N-ethyl adjacent to an activating group) is 1. The topological polar surface area (TPSA) is 79.4 Å². The molecular weight excluding hydrogens is 430 g/mol. The highest BCUT2D eigenvalue weighted by molar-refractivity contribution is 7.88. The average Bonchev–Trinajstić information content (AvgIpc) is 2.79. The molecule has 1 amide bonds. The highest BCUT2D eigenvalue weighted by Crippen LogP contribution is 2.30. The molecular formula is C23H29N3O5S. The molecule has 0 aliphatic carbocycles. The molecule has 2 heterocycles. The number of rotatable bonds is 7. The average molecular weight is 460 g/mol. The second-order valence-electron chi connectivity index (χ2n) is 8.22. The molecule has 0 bridgehead atoms. The summed E-state index contributed by atoms with van der Waals surface area (Å²) in [5.41, 5.74) is 0.768. The smallest absolute Gasteiger partial charge is 0.236 e. The Labute approximate surface area is 189 Å². The molecule has 0 N–H and O–H groups in total. The van der Waals surface area contributed by atoms with Crippen molar-refractivity contribution in [3.05, 3.63) is 60.2 Å². The summed E-state index contributed by atoms with van der Waals surface area (Å²) in [4.78, 5) is 16.4. The number of benzene rings is 2. The molecule has 1 atom stereocenters. The van der Waals surface area contributed by atoms with Crippen molar-refractivity contribution in [3.8, 4) is 11.5 Å². The zero-order valence-corrected chi connectivity index (χ0v) is 19.0. The van der Waals surface area contributed by atoms with Gasteiger partial charge < -0.3 is 14.4 Å². The standard InChI is InChI=1S/C23H29N3O5S/c1-24(15-20-17-30-21-9-5-6-10-22(21)31-20)16-23(27)25-11-13-26(14-12-25)32(28,29)18-19-7-3-2-4-8-19/h2-10,20H,11-18H2,1H3/t20-/m1/s1. The summed E-state index contributed by atoms with van der Waals surface area (Å²) >= 11 is 0. The molecule has 2 aromatic rings. The number of nitrogens with zero attached hydrogens (tertiary/aromatic N) is 3. The Morgan fingerprint density at radius 3 is 2.38 bits per heavy atom. The van der Waals surface area contributed by atoms with Crippen molar-refractivity contribution in [1.82, 2.24) is 14.1 Å². The molecule has 9 heteroatoms. The molecule has 2 aromatic carbocycles. The number of piperazine rings is 1. The molecule has 32 heavy (non-hydrogen) atoms. The van der Waals surface area contributed by atoms with Crippen molar-refractivity contribution in [1.29, 1.82) is 0 Å². The van der Waals surface area contributed by atoms with E-state index in [1.165, 1.54) is 4.31 Å². The Balaban J connectivity index is 1.23. The van der Waals surface area contributed by atoms with E-state index in [0.29, 0.717) is 39.3 Å². The first-order valence-electron chi connectivity index (χ1n) is 10.8. The van der Waals surface area contributed by atoms with Crippen LogP contribution in [0.1, 0.15) is 5.56 Å². The Morgan fingerprint density at radius 2 is 1.66 bits per heavy atom. The van der Waals surface area contributed by atoms with Gasteiger partial charge in [0.15, 0.2) is 11.5 Å². The molecule has 0 saturated carbocycles. The quantitative estimate of drug-likeness (QED) is 0.623. The van der Waals surface area contributed by atoms with E-state index in [-0.39, 0.29) is 24.3 Å². The van der Waals surface area contributed by atoms with Gasteiger partial charge in [-0.15, -0.1) is 0 Å². The van der Waals surface area contributed by atoms with Gasteiger partial charge in [-0.25, -0.2) is 8.42 Å². The molecule has 0 spiro atoms. The van der Waals surface area contributed by atoms with E-state index in [4.69, 9.17) is 9.47 Å². The minimum atomic E-state index is -3.40. The van der Waals surface area contributed by atoms with E-state index in [9.17, 15) is 13.2 Å². The monoisotopic (exact) mass is 459 g/mol. The molecule has 2 aliphatic heterocycles. The summed E-state index contributed by atoms with van der Waals surface area (Å²) in [6.45, 7) is 2.69. The van der Waals surface area contributed by atoms with Crippen LogP contribution in [0, 0.1) is 0 Å². The first-order chi connectivity index (χ1) is 15.4.